The minimum absolute atomic E-state index is 0.0320. The fraction of sp³-hybridized carbons (Fsp3) is 0.833. The molecule has 9 heteroatoms. The van der Waals surface area contributed by atoms with Crippen molar-refractivity contribution in [3.63, 3.8) is 0 Å². The molecule has 0 aliphatic carbocycles. The number of hydrogen-bond acceptors (Lipinski definition) is 7. The van der Waals surface area contributed by atoms with E-state index in [-0.39, 0.29) is 12.6 Å². The van der Waals surface area contributed by atoms with Gasteiger partial charge in [0.1, 0.15) is 6.10 Å². The largest absolute Gasteiger partial charge is 0.459 e. The van der Waals surface area contributed by atoms with Crippen LogP contribution in [0.3, 0.4) is 0 Å². The van der Waals surface area contributed by atoms with Gasteiger partial charge in [0.2, 0.25) is 10.9 Å². The van der Waals surface area contributed by atoms with Gasteiger partial charge in [0, 0.05) is 13.6 Å². The lowest BCUT2D eigenvalue weighted by Gasteiger charge is -2.16. The zero-order valence-electron chi connectivity index (χ0n) is 8.28. The van der Waals surface area contributed by atoms with Crippen LogP contribution >= 0.6 is 0 Å². The summed E-state index contributed by atoms with van der Waals surface area (Å²) in [4.78, 5) is 4.39. The van der Waals surface area contributed by atoms with Crippen LogP contribution in [-0.2, 0) is 20.5 Å². The summed E-state index contributed by atoms with van der Waals surface area (Å²) in [5, 5.41) is 14.6. The van der Waals surface area contributed by atoms with Crippen LogP contribution in [0.25, 0.3) is 0 Å². The van der Waals surface area contributed by atoms with E-state index in [1.165, 1.54) is 7.05 Å². The lowest BCUT2D eigenvalue weighted by atomic mass is 10.4. The van der Waals surface area contributed by atoms with E-state index < -0.39 is 23.4 Å². The van der Waals surface area contributed by atoms with E-state index in [1.807, 2.05) is 0 Å². The molecule has 1 aliphatic heterocycles. The number of thiol groups is 1. The molecular formula is C6H13N3O5S. The van der Waals surface area contributed by atoms with Gasteiger partial charge in [0.25, 0.3) is 0 Å². The second-order valence-corrected chi connectivity index (χ2v) is 4.16. The monoisotopic (exact) mass is 239 g/mol. The van der Waals surface area contributed by atoms with Crippen LogP contribution in [-0.4, -0.2) is 50.0 Å². The van der Waals surface area contributed by atoms with Gasteiger partial charge in [-0.05, 0) is 12.1 Å². The highest BCUT2D eigenvalue weighted by Crippen LogP contribution is 2.01. The molecule has 1 unspecified atom stereocenters. The predicted octanol–water partition coefficient (Wildman–Crippen LogP) is -1.98. The molecule has 0 spiro atoms. The van der Waals surface area contributed by atoms with Gasteiger partial charge in [0.05, 0.1) is 0 Å². The van der Waals surface area contributed by atoms with E-state index in [4.69, 9.17) is 9.84 Å². The van der Waals surface area contributed by atoms with Crippen LogP contribution in [0.5, 0.6) is 0 Å². The first-order valence-electron chi connectivity index (χ1n) is 4.19. The molecule has 2 atom stereocenters. The summed E-state index contributed by atoms with van der Waals surface area (Å²) in [5.74, 6) is 0. The van der Waals surface area contributed by atoms with Gasteiger partial charge in [-0.1, -0.05) is 0 Å². The number of ether oxygens (including phenoxy) is 1. The highest BCUT2D eigenvalue weighted by molar-refractivity contribution is 7.69. The standard InChI is InChI=1S/C6H13N3O5S/c1-4(3-9(2)15(11)12)13-5-7-6(10)14-8-5/h4,6,10,15H,3H2,1-2H3,(H,7,8)/t4-,6?/m1/s1. The minimum Gasteiger partial charge on any atom is -0.459 e. The number of amidine groups is 1. The normalized spacial score (nSPS) is 22.2. The van der Waals surface area contributed by atoms with E-state index >= 15 is 0 Å². The van der Waals surface area contributed by atoms with Gasteiger partial charge in [-0.3, -0.25) is 5.32 Å². The molecule has 0 aromatic carbocycles. The van der Waals surface area contributed by atoms with Crippen molar-refractivity contribution in [2.75, 3.05) is 13.6 Å². The number of nitrogens with zero attached hydrogens (tertiary/aromatic N) is 2. The molecule has 88 valence electrons. The highest BCUT2D eigenvalue weighted by atomic mass is 32.2. The molecule has 0 amide bonds. The van der Waals surface area contributed by atoms with E-state index in [0.29, 0.717) is 0 Å². The lowest BCUT2D eigenvalue weighted by molar-refractivity contribution is -0.0897. The molecular weight excluding hydrogens is 226 g/mol. The molecule has 0 aromatic rings. The average Bonchev–Trinajstić information content (AvgIpc) is 2.50. The Morgan fingerprint density at radius 1 is 1.80 bits per heavy atom. The van der Waals surface area contributed by atoms with Crippen LogP contribution in [0.1, 0.15) is 6.92 Å². The Hall–Kier alpha value is -1.06. The number of oxime groups is 1. The molecule has 8 nitrogen and oxygen atoms in total. The summed E-state index contributed by atoms with van der Waals surface area (Å²) in [6.45, 7) is 1.86. The van der Waals surface area contributed by atoms with Crippen molar-refractivity contribution in [1.29, 1.82) is 0 Å². The Morgan fingerprint density at radius 2 is 2.47 bits per heavy atom. The van der Waals surface area contributed by atoms with Gasteiger partial charge in [-0.25, -0.2) is 12.7 Å². The predicted molar refractivity (Wildman–Crippen MR) is 51.2 cm³/mol. The molecule has 1 aliphatic rings. The van der Waals surface area contributed by atoms with E-state index in [9.17, 15) is 8.42 Å². The number of hydrogen-bond donors (Lipinski definition) is 3. The van der Waals surface area contributed by atoms with E-state index in [1.54, 1.807) is 6.92 Å². The molecule has 15 heavy (non-hydrogen) atoms. The zero-order valence-corrected chi connectivity index (χ0v) is 9.18. The summed E-state index contributed by atoms with van der Waals surface area (Å²) < 4.78 is 27.3. The first kappa shape index (κ1) is 12.0. The molecule has 0 radical (unpaired) electrons. The lowest BCUT2D eigenvalue weighted by Crippen LogP contribution is -2.36. The third-order valence-corrected chi connectivity index (χ3v) is 2.32. The highest BCUT2D eigenvalue weighted by Gasteiger charge is 2.20. The number of rotatable bonds is 4. The van der Waals surface area contributed by atoms with E-state index in [2.05, 4.69) is 15.3 Å². The molecule has 2 N–H and O–H groups in total. The second-order valence-electron chi connectivity index (χ2n) is 3.01. The minimum atomic E-state index is -2.61. The Balaban J connectivity index is 2.33. The molecule has 0 saturated carbocycles. The molecule has 0 saturated heterocycles. The van der Waals surface area contributed by atoms with Gasteiger partial charge in [-0.2, -0.15) is 0 Å². The Morgan fingerprint density at radius 3 is 2.93 bits per heavy atom. The number of aliphatic hydroxyl groups excluding tert-OH is 1. The number of likely N-dealkylation sites (N-methyl/N-ethyl adjacent to an activating group) is 1. The Kier molecular flexibility index (Phi) is 4.12. The summed E-state index contributed by atoms with van der Waals surface area (Å²) in [5.41, 5.74) is 0. The second kappa shape index (κ2) is 5.14. The maximum Gasteiger partial charge on any atom is 0.329 e. The average molecular weight is 239 g/mol. The van der Waals surface area contributed by atoms with Crippen LogP contribution in [0.2, 0.25) is 0 Å². The summed E-state index contributed by atoms with van der Waals surface area (Å²) in [6.07, 6.45) is -1.61. The van der Waals surface area contributed by atoms with Crippen molar-refractivity contribution in [3.05, 3.63) is 0 Å². The number of aliphatic hydroxyl groups is 1. The van der Waals surface area contributed by atoms with Crippen molar-refractivity contribution >= 4 is 16.9 Å². The van der Waals surface area contributed by atoms with E-state index in [0.717, 1.165) is 4.31 Å². The van der Waals surface area contributed by atoms with Crippen LogP contribution in [0.4, 0.5) is 0 Å². The van der Waals surface area contributed by atoms with Crippen molar-refractivity contribution in [1.82, 2.24) is 9.62 Å². The quantitative estimate of drug-likeness (QED) is 0.491. The van der Waals surface area contributed by atoms with Gasteiger partial charge >= 0.3 is 12.4 Å². The van der Waals surface area contributed by atoms with Gasteiger partial charge in [-0.15, -0.1) is 0 Å². The third-order valence-electron chi connectivity index (χ3n) is 1.60. The summed E-state index contributed by atoms with van der Waals surface area (Å²) >= 11 is 0. The first-order valence-corrected chi connectivity index (χ1v) is 5.32. The van der Waals surface area contributed by atoms with Crippen molar-refractivity contribution < 1.29 is 23.1 Å². The molecule has 0 fully saturated rings. The SMILES string of the molecule is C[C@H](CN(C)[SH](=O)=O)OC1=NOC(O)N1. The Labute approximate surface area is 88.5 Å². The zero-order chi connectivity index (χ0) is 11.4. The fourth-order valence-corrected chi connectivity index (χ4v) is 1.34. The van der Waals surface area contributed by atoms with Gasteiger partial charge < -0.3 is 14.7 Å². The fourth-order valence-electron chi connectivity index (χ4n) is 0.978. The van der Waals surface area contributed by atoms with Crippen molar-refractivity contribution in [2.24, 2.45) is 5.16 Å². The molecule has 1 heterocycles. The maximum absolute atomic E-state index is 10.5. The Bertz CT molecular complexity index is 310. The topological polar surface area (TPSA) is 100 Å². The molecule has 1 rings (SSSR count). The summed E-state index contributed by atoms with van der Waals surface area (Å²) in [7, 11) is -1.18. The molecule has 0 bridgehead atoms. The van der Waals surface area contributed by atoms with Crippen LogP contribution < -0.4 is 5.32 Å². The van der Waals surface area contributed by atoms with Crippen molar-refractivity contribution in [3.8, 4) is 0 Å². The first-order chi connectivity index (χ1) is 6.99. The third kappa shape index (κ3) is 3.90. The number of nitrogens with one attached hydrogen (secondary N) is 1. The maximum atomic E-state index is 10.5. The summed E-state index contributed by atoms with van der Waals surface area (Å²) in [6, 6.07) is 0.0320. The van der Waals surface area contributed by atoms with Crippen molar-refractivity contribution in [2.45, 2.75) is 19.4 Å². The smallest absolute Gasteiger partial charge is 0.329 e. The van der Waals surface area contributed by atoms with Crippen LogP contribution in [0, 0.1) is 0 Å². The van der Waals surface area contributed by atoms with Crippen LogP contribution in [0.15, 0.2) is 5.16 Å². The van der Waals surface area contributed by atoms with Gasteiger partial charge in [0.15, 0.2) is 0 Å². The molecule has 0 aromatic heterocycles.